The van der Waals surface area contributed by atoms with Gasteiger partial charge >= 0.3 is 5.97 Å². The van der Waals surface area contributed by atoms with E-state index in [2.05, 4.69) is 11.0 Å². The van der Waals surface area contributed by atoms with E-state index in [1.54, 1.807) is 23.8 Å². The molecule has 0 aliphatic carbocycles. The fraction of sp³-hybridized carbons (Fsp3) is 0.455. The smallest absolute Gasteiger partial charge is 0.333 e. The fourth-order valence-electron chi connectivity index (χ4n) is 10.1. The number of hydroxylamine groups is 2. The predicted molar refractivity (Wildman–Crippen MR) is 293 cm³/mol. The van der Waals surface area contributed by atoms with Gasteiger partial charge in [0, 0.05) is 85.5 Å². The molecule has 4 heterocycles. The maximum Gasteiger partial charge on any atom is 0.333 e. The first-order valence-corrected chi connectivity index (χ1v) is 30.5. The summed E-state index contributed by atoms with van der Waals surface area (Å²) in [5.41, 5.74) is 4.36. The summed E-state index contributed by atoms with van der Waals surface area (Å²) in [6.07, 6.45) is 9.81. The summed E-state index contributed by atoms with van der Waals surface area (Å²) in [6, 6.07) is 17.4. The minimum Gasteiger partial charge on any atom is -0.456 e. The number of allylic oxidation sites excluding steroid dienone is 5. The summed E-state index contributed by atoms with van der Waals surface area (Å²) in [7, 11) is -11.8. The molecule has 1 saturated heterocycles. The molecule has 0 spiro atoms. The van der Waals surface area contributed by atoms with Gasteiger partial charge in [0.05, 0.1) is 73.6 Å². The fourth-order valence-corrected chi connectivity index (χ4v) is 11.6. The average molecular weight is 1160 g/mol. The molecule has 0 radical (unpaired) electrons. The molecule has 21 nitrogen and oxygen atoms in total. The normalized spacial score (nSPS) is 18.7. The molecule has 0 aromatic heterocycles. The van der Waals surface area contributed by atoms with E-state index < -0.39 is 75.5 Å². The summed E-state index contributed by atoms with van der Waals surface area (Å²) < 4.78 is 133. The number of hydrogen-bond acceptors (Lipinski definition) is 16. The molecule has 2 amide bonds. The molecule has 79 heavy (non-hydrogen) atoms. The molecule has 24 heteroatoms. The van der Waals surface area contributed by atoms with Gasteiger partial charge in [-0.25, -0.2) is 4.79 Å². The van der Waals surface area contributed by atoms with Gasteiger partial charge in [-0.05, 0) is 81.9 Å². The Kier molecular flexibility index (Phi) is 20.1. The lowest BCUT2D eigenvalue weighted by molar-refractivity contribution is -0.437. The largest absolute Gasteiger partial charge is 0.456 e. The molecule has 1 atom stereocenters. The second-order valence-corrected chi connectivity index (χ2v) is 24.6. The van der Waals surface area contributed by atoms with Gasteiger partial charge in [0.25, 0.3) is 42.2 Å². The van der Waals surface area contributed by atoms with Crippen molar-refractivity contribution < 1.29 is 86.4 Å². The van der Waals surface area contributed by atoms with E-state index in [0.717, 1.165) is 22.4 Å². The summed E-state index contributed by atoms with van der Waals surface area (Å²) in [5.74, 6) is -2.17. The van der Waals surface area contributed by atoms with Crippen molar-refractivity contribution in [1.29, 1.82) is 0 Å². The summed E-state index contributed by atoms with van der Waals surface area (Å²) in [6.45, 7) is 8.97. The van der Waals surface area contributed by atoms with Gasteiger partial charge in [0.1, 0.15) is 18.1 Å². The Bertz CT molecular complexity index is 3260. The van der Waals surface area contributed by atoms with Crippen LogP contribution in [0.1, 0.15) is 94.4 Å². The molecule has 3 N–H and O–H groups in total. The van der Waals surface area contributed by atoms with Crippen molar-refractivity contribution in [2.24, 2.45) is 0 Å². The van der Waals surface area contributed by atoms with Crippen LogP contribution in [0.25, 0.3) is 16.9 Å². The number of methoxy groups -OCH3 is 1. The van der Waals surface area contributed by atoms with Crippen LogP contribution in [0.2, 0.25) is 0 Å². The first-order valence-electron chi connectivity index (χ1n) is 25.9. The lowest BCUT2D eigenvalue weighted by atomic mass is 9.75. The number of imide groups is 1. The number of carbonyl (C=O) groups excluding carboxylic acids is 3. The number of anilines is 1. The number of hydrogen-bond donors (Lipinski definition) is 3. The Labute approximate surface area is 461 Å². The monoisotopic (exact) mass is 1150 g/mol. The van der Waals surface area contributed by atoms with Crippen molar-refractivity contribution in [3.05, 3.63) is 113 Å². The molecule has 3 aromatic carbocycles. The third-order valence-corrected chi connectivity index (χ3v) is 16.3. The number of rotatable bonds is 29. The minimum atomic E-state index is -4.73. The molecule has 3 aromatic rings. The maximum absolute atomic E-state index is 13.1. The van der Waals surface area contributed by atoms with Crippen molar-refractivity contribution in [2.75, 3.05) is 82.9 Å². The van der Waals surface area contributed by atoms with Gasteiger partial charge in [-0.3, -0.25) is 23.2 Å². The zero-order chi connectivity index (χ0) is 57.2. The second kappa shape index (κ2) is 26.1. The molecular formula is C55H68N3O18S3+. The Morgan fingerprint density at radius 3 is 2.08 bits per heavy atom. The molecule has 4 aliphatic rings. The number of fused-ring (bicyclic) bond motifs is 3. The standard InChI is InChI=1S/C55H67N3O18S3/c1-54(2)38-41(21-25-72-28-29-74-31-30-73-27-26-71-4)43-36-44-40(34-48(39-12-6-5-7-13-39)75-49(44)37-47(43)57(54)24-11-33-78(65,66)67)14-8-15-50-55(3,22-9-16-53(61)76-58-51(59)19-20-52(58)60)45-35-42(79(68,69)70)17-18-46(45)56(50)23-10-32-77(62,63)64/h5-8,12-15,17-18,34-38H,9-11,16,19-33H2,1-4H3,(H2-,62,63,64,65,66,67,68,69,70)/p+1. The third-order valence-electron chi connectivity index (χ3n) is 13.9. The summed E-state index contributed by atoms with van der Waals surface area (Å²) in [4.78, 5) is 44.3. The maximum atomic E-state index is 13.1. The van der Waals surface area contributed by atoms with Crippen molar-refractivity contribution in [3.63, 3.8) is 0 Å². The topological polar surface area (TPSA) is 279 Å². The Morgan fingerprint density at radius 1 is 0.785 bits per heavy atom. The third kappa shape index (κ3) is 15.9. The zero-order valence-electron chi connectivity index (χ0n) is 44.6. The average Bonchev–Trinajstić information content (AvgIpc) is 4.10. The lowest BCUT2D eigenvalue weighted by Gasteiger charge is -2.44. The minimum absolute atomic E-state index is 0.0269. The van der Waals surface area contributed by atoms with E-state index in [1.165, 1.54) is 18.2 Å². The second-order valence-electron chi connectivity index (χ2n) is 20.1. The van der Waals surface area contributed by atoms with Gasteiger partial charge < -0.3 is 33.4 Å². The van der Waals surface area contributed by atoms with Crippen LogP contribution >= 0.6 is 0 Å². The van der Waals surface area contributed by atoms with Crippen LogP contribution in [0.4, 0.5) is 11.4 Å². The molecule has 1 fully saturated rings. The van der Waals surface area contributed by atoms with Crippen LogP contribution in [-0.2, 0) is 73.9 Å². The van der Waals surface area contributed by atoms with Crippen LogP contribution in [-0.4, -0.2) is 156 Å². The van der Waals surface area contributed by atoms with Gasteiger partial charge in [0.15, 0.2) is 5.71 Å². The van der Waals surface area contributed by atoms with Gasteiger partial charge in [-0.2, -0.15) is 29.8 Å². The Balaban J connectivity index is 1.28. The molecule has 0 bridgehead atoms. The van der Waals surface area contributed by atoms with E-state index >= 15 is 0 Å². The van der Waals surface area contributed by atoms with Crippen LogP contribution in [0.5, 0.6) is 5.75 Å². The quantitative estimate of drug-likeness (QED) is 0.0280. The number of benzene rings is 3. The number of nitrogens with zero attached hydrogens (tertiary/aromatic N) is 3. The highest BCUT2D eigenvalue weighted by Crippen LogP contribution is 2.48. The Morgan fingerprint density at radius 2 is 1.43 bits per heavy atom. The summed E-state index contributed by atoms with van der Waals surface area (Å²) in [5, 5.41) is 0.458. The van der Waals surface area contributed by atoms with Crippen molar-refractivity contribution in [2.45, 2.75) is 88.0 Å². The van der Waals surface area contributed by atoms with E-state index in [9.17, 15) is 53.3 Å². The molecule has 0 saturated carbocycles. The summed E-state index contributed by atoms with van der Waals surface area (Å²) >= 11 is 0. The van der Waals surface area contributed by atoms with Crippen LogP contribution in [0, 0.1) is 0 Å². The van der Waals surface area contributed by atoms with Gasteiger partial charge in [-0.15, -0.1) is 5.06 Å². The van der Waals surface area contributed by atoms with Crippen LogP contribution in [0.3, 0.4) is 0 Å². The number of amides is 2. The molecule has 4 aliphatic heterocycles. The van der Waals surface area contributed by atoms with E-state index in [0.29, 0.717) is 97.3 Å². The van der Waals surface area contributed by atoms with E-state index in [-0.39, 0.29) is 58.0 Å². The molecule has 428 valence electrons. The zero-order valence-corrected chi connectivity index (χ0v) is 47.1. The van der Waals surface area contributed by atoms with E-state index in [4.69, 9.17) is 28.5 Å². The number of ether oxygens (including phenoxy) is 5. The highest BCUT2D eigenvalue weighted by molar-refractivity contribution is 7.86. The first-order chi connectivity index (χ1) is 37.4. The molecular weight excluding hydrogens is 1090 g/mol. The van der Waals surface area contributed by atoms with Gasteiger partial charge in [-0.1, -0.05) is 48.6 Å². The highest BCUT2D eigenvalue weighted by Gasteiger charge is 2.48. The van der Waals surface area contributed by atoms with Crippen molar-refractivity contribution >= 4 is 82.1 Å². The Hall–Kier alpha value is -5.93. The van der Waals surface area contributed by atoms with Gasteiger partial charge in [0.2, 0.25) is 5.69 Å². The highest BCUT2D eigenvalue weighted by atomic mass is 32.2. The van der Waals surface area contributed by atoms with E-state index in [1.807, 2.05) is 75.4 Å². The SMILES string of the molecule is COCCOCCOCCOCCC1=CC(C)(C)N(CCCS(=O)(=O)O)c2cc3c(cc21)/C(=C/C=C/C1=[N+](CCCS(=O)(=O)O)c2ccc(S(=O)(=O)O)cc2C1(C)CCCC(=O)ON1C(=O)CCC1=O)C=C(c1ccccc1)O3. The number of carbonyl (C=O) groups is 3. The molecule has 7 rings (SSSR count). The first kappa shape index (κ1) is 60.7. The van der Waals surface area contributed by atoms with Crippen molar-refractivity contribution in [1.82, 2.24) is 5.06 Å². The predicted octanol–water partition coefficient (Wildman–Crippen LogP) is 6.76. The van der Waals surface area contributed by atoms with Crippen LogP contribution < -0.4 is 9.64 Å². The lowest BCUT2D eigenvalue weighted by Crippen LogP contribution is -2.46. The van der Waals surface area contributed by atoms with Crippen molar-refractivity contribution in [3.8, 4) is 5.75 Å². The van der Waals surface area contributed by atoms with Crippen LogP contribution in [0.15, 0.2) is 95.9 Å². The molecule has 1 unspecified atom stereocenters.